The summed E-state index contributed by atoms with van der Waals surface area (Å²) in [4.78, 5) is 14.2. The van der Waals surface area contributed by atoms with E-state index in [1.165, 1.54) is 0 Å². The number of carbonyl (C=O) groups excluding carboxylic acids is 1. The molecule has 0 aliphatic carbocycles. The maximum Gasteiger partial charge on any atom is 0.254 e. The molecule has 1 amide bonds. The second-order valence-corrected chi connectivity index (χ2v) is 5.11. The van der Waals surface area contributed by atoms with Gasteiger partial charge < -0.3 is 15.7 Å². The number of aliphatic hydroxyl groups excluding tert-OH is 1. The molecule has 4 heteroatoms. The van der Waals surface area contributed by atoms with Crippen molar-refractivity contribution in [2.75, 3.05) is 18.8 Å². The number of carbonyl (C=O) groups is 1. The number of nitrogens with zero attached hydrogens (tertiary/aromatic N) is 1. The third-order valence-corrected chi connectivity index (χ3v) is 3.68. The monoisotopic (exact) mass is 248 g/mol. The summed E-state index contributed by atoms with van der Waals surface area (Å²) in [7, 11) is 0. The van der Waals surface area contributed by atoms with Gasteiger partial charge in [0.25, 0.3) is 5.91 Å². The fourth-order valence-corrected chi connectivity index (χ4v) is 2.46. The lowest BCUT2D eigenvalue weighted by Crippen LogP contribution is -2.30. The highest BCUT2D eigenvalue weighted by Gasteiger charge is 2.29. The van der Waals surface area contributed by atoms with Crippen LogP contribution in [0.2, 0.25) is 0 Å². The molecule has 1 saturated heterocycles. The van der Waals surface area contributed by atoms with Crippen molar-refractivity contribution >= 4 is 11.6 Å². The number of aliphatic hydroxyl groups is 1. The third kappa shape index (κ3) is 2.48. The molecule has 3 N–H and O–H groups in total. The van der Waals surface area contributed by atoms with E-state index in [2.05, 4.69) is 0 Å². The van der Waals surface area contributed by atoms with E-state index in [0.29, 0.717) is 17.8 Å². The highest BCUT2D eigenvalue weighted by atomic mass is 16.3. The number of nitrogens with two attached hydrogens (primary N) is 1. The van der Waals surface area contributed by atoms with Crippen LogP contribution in [0.3, 0.4) is 0 Å². The van der Waals surface area contributed by atoms with Gasteiger partial charge in [-0.25, -0.2) is 0 Å². The molecule has 0 saturated carbocycles. The van der Waals surface area contributed by atoms with Gasteiger partial charge in [-0.1, -0.05) is 0 Å². The van der Waals surface area contributed by atoms with E-state index in [4.69, 9.17) is 5.73 Å². The molecule has 1 heterocycles. The SMILES string of the molecule is Cc1cc(N)ccc1C(=O)N1CCC(C(C)O)C1. The number of aryl methyl sites for hydroxylation is 1. The molecule has 1 aromatic rings. The Labute approximate surface area is 107 Å². The van der Waals surface area contributed by atoms with E-state index < -0.39 is 0 Å². The largest absolute Gasteiger partial charge is 0.399 e. The van der Waals surface area contributed by atoms with Crippen molar-refractivity contribution in [1.29, 1.82) is 0 Å². The summed E-state index contributed by atoms with van der Waals surface area (Å²) in [6, 6.07) is 5.35. The van der Waals surface area contributed by atoms with Crippen LogP contribution < -0.4 is 5.73 Å². The summed E-state index contributed by atoms with van der Waals surface area (Å²) >= 11 is 0. The number of likely N-dealkylation sites (tertiary alicyclic amines) is 1. The predicted octanol–water partition coefficient (Wildman–Crippen LogP) is 1.42. The molecule has 1 aliphatic heterocycles. The Kier molecular flexibility index (Phi) is 3.57. The molecule has 1 aromatic carbocycles. The number of benzene rings is 1. The molecule has 4 nitrogen and oxygen atoms in total. The van der Waals surface area contributed by atoms with Crippen LogP contribution in [0.4, 0.5) is 5.69 Å². The maximum atomic E-state index is 12.4. The van der Waals surface area contributed by atoms with Crippen LogP contribution in [0.1, 0.15) is 29.3 Å². The van der Waals surface area contributed by atoms with Crippen LogP contribution in [0.5, 0.6) is 0 Å². The van der Waals surface area contributed by atoms with Crippen LogP contribution >= 0.6 is 0 Å². The second kappa shape index (κ2) is 4.98. The maximum absolute atomic E-state index is 12.4. The Morgan fingerprint density at radius 3 is 2.83 bits per heavy atom. The zero-order chi connectivity index (χ0) is 13.3. The van der Waals surface area contributed by atoms with Crippen molar-refractivity contribution in [1.82, 2.24) is 4.90 Å². The van der Waals surface area contributed by atoms with Crippen molar-refractivity contribution in [2.24, 2.45) is 5.92 Å². The molecule has 1 fully saturated rings. The van der Waals surface area contributed by atoms with Gasteiger partial charge in [0, 0.05) is 30.3 Å². The van der Waals surface area contributed by atoms with E-state index in [1.807, 2.05) is 17.9 Å². The highest BCUT2D eigenvalue weighted by molar-refractivity contribution is 5.96. The van der Waals surface area contributed by atoms with E-state index in [1.54, 1.807) is 19.1 Å². The lowest BCUT2D eigenvalue weighted by Gasteiger charge is -2.19. The minimum Gasteiger partial charge on any atom is -0.399 e. The fourth-order valence-electron chi connectivity index (χ4n) is 2.46. The van der Waals surface area contributed by atoms with Crippen LogP contribution in [-0.4, -0.2) is 35.1 Å². The summed E-state index contributed by atoms with van der Waals surface area (Å²) in [5, 5.41) is 9.56. The molecule has 0 bridgehead atoms. The predicted molar refractivity (Wildman–Crippen MR) is 71.3 cm³/mol. The Balaban J connectivity index is 2.13. The molecule has 0 radical (unpaired) electrons. The van der Waals surface area contributed by atoms with Gasteiger partial charge in [0.05, 0.1) is 6.10 Å². The number of hydrogen-bond acceptors (Lipinski definition) is 3. The van der Waals surface area contributed by atoms with Crippen molar-refractivity contribution in [3.8, 4) is 0 Å². The van der Waals surface area contributed by atoms with Crippen molar-refractivity contribution in [3.63, 3.8) is 0 Å². The number of rotatable bonds is 2. The zero-order valence-electron chi connectivity index (χ0n) is 10.9. The normalized spacial score (nSPS) is 21.1. The van der Waals surface area contributed by atoms with Gasteiger partial charge in [0.2, 0.25) is 0 Å². The van der Waals surface area contributed by atoms with Gasteiger partial charge in [-0.05, 0) is 44.0 Å². The first-order valence-electron chi connectivity index (χ1n) is 6.32. The summed E-state index contributed by atoms with van der Waals surface area (Å²) in [6.45, 7) is 5.04. The standard InChI is InChI=1S/C14H20N2O2/c1-9-7-12(15)3-4-13(9)14(18)16-6-5-11(8-16)10(2)17/h3-4,7,10-11,17H,5-6,8,15H2,1-2H3. The van der Waals surface area contributed by atoms with Gasteiger partial charge in [-0.15, -0.1) is 0 Å². The van der Waals surface area contributed by atoms with E-state index in [-0.39, 0.29) is 17.9 Å². The summed E-state index contributed by atoms with van der Waals surface area (Å²) in [5.41, 5.74) is 7.97. The van der Waals surface area contributed by atoms with Gasteiger partial charge in [-0.2, -0.15) is 0 Å². The van der Waals surface area contributed by atoms with E-state index >= 15 is 0 Å². The Morgan fingerprint density at radius 2 is 2.28 bits per heavy atom. The minimum atomic E-state index is -0.352. The molecule has 18 heavy (non-hydrogen) atoms. The Bertz CT molecular complexity index is 457. The molecular weight excluding hydrogens is 228 g/mol. The summed E-state index contributed by atoms with van der Waals surface area (Å²) in [6.07, 6.45) is 0.521. The number of nitrogen functional groups attached to an aromatic ring is 1. The first-order valence-corrected chi connectivity index (χ1v) is 6.32. The quantitative estimate of drug-likeness (QED) is 0.778. The van der Waals surface area contributed by atoms with E-state index in [9.17, 15) is 9.90 Å². The molecule has 2 unspecified atom stereocenters. The first-order chi connectivity index (χ1) is 8.49. The van der Waals surface area contributed by atoms with Crippen LogP contribution in [-0.2, 0) is 0 Å². The molecule has 98 valence electrons. The van der Waals surface area contributed by atoms with Gasteiger partial charge in [0.15, 0.2) is 0 Å². The van der Waals surface area contributed by atoms with Crippen LogP contribution in [0.15, 0.2) is 18.2 Å². The molecule has 2 rings (SSSR count). The third-order valence-electron chi connectivity index (χ3n) is 3.68. The Morgan fingerprint density at radius 1 is 1.56 bits per heavy atom. The average molecular weight is 248 g/mol. The summed E-state index contributed by atoms with van der Waals surface area (Å²) in [5.74, 6) is 0.235. The number of amides is 1. The van der Waals surface area contributed by atoms with E-state index in [0.717, 1.165) is 18.5 Å². The zero-order valence-corrected chi connectivity index (χ0v) is 10.9. The topological polar surface area (TPSA) is 66.6 Å². The number of hydrogen-bond donors (Lipinski definition) is 2. The first kappa shape index (κ1) is 12.9. The number of anilines is 1. The van der Waals surface area contributed by atoms with Gasteiger partial charge >= 0.3 is 0 Å². The average Bonchev–Trinajstić information content (AvgIpc) is 2.77. The molecule has 0 spiro atoms. The lowest BCUT2D eigenvalue weighted by atomic mass is 10.0. The fraction of sp³-hybridized carbons (Fsp3) is 0.500. The molecule has 2 atom stereocenters. The molecule has 0 aromatic heterocycles. The minimum absolute atomic E-state index is 0.0376. The Hall–Kier alpha value is -1.55. The van der Waals surface area contributed by atoms with Gasteiger partial charge in [-0.3, -0.25) is 4.79 Å². The smallest absolute Gasteiger partial charge is 0.254 e. The lowest BCUT2D eigenvalue weighted by molar-refractivity contribution is 0.0762. The van der Waals surface area contributed by atoms with Crippen molar-refractivity contribution in [3.05, 3.63) is 29.3 Å². The second-order valence-electron chi connectivity index (χ2n) is 5.11. The summed E-state index contributed by atoms with van der Waals surface area (Å²) < 4.78 is 0. The van der Waals surface area contributed by atoms with Crippen LogP contribution in [0, 0.1) is 12.8 Å². The highest BCUT2D eigenvalue weighted by Crippen LogP contribution is 2.23. The molecule has 1 aliphatic rings. The van der Waals surface area contributed by atoms with Crippen molar-refractivity contribution < 1.29 is 9.90 Å². The molecular formula is C14H20N2O2. The van der Waals surface area contributed by atoms with Crippen molar-refractivity contribution in [2.45, 2.75) is 26.4 Å². The van der Waals surface area contributed by atoms with Crippen LogP contribution in [0.25, 0.3) is 0 Å². The van der Waals surface area contributed by atoms with Gasteiger partial charge in [0.1, 0.15) is 0 Å².